The molecule has 5 rings (SSSR count). The number of aromatic nitrogens is 4. The van der Waals surface area contributed by atoms with Gasteiger partial charge in [-0.25, -0.2) is 14.8 Å². The highest BCUT2D eigenvalue weighted by atomic mass is 16.5. The predicted octanol–water partition coefficient (Wildman–Crippen LogP) is 1.64. The van der Waals surface area contributed by atoms with Crippen molar-refractivity contribution < 1.29 is 9.53 Å². The van der Waals surface area contributed by atoms with Crippen LogP contribution in [0.15, 0.2) is 40.1 Å². The van der Waals surface area contributed by atoms with E-state index in [0.717, 1.165) is 23.2 Å². The molecule has 0 radical (unpaired) electrons. The summed E-state index contributed by atoms with van der Waals surface area (Å²) in [7, 11) is 3.14. The Morgan fingerprint density at radius 3 is 2.39 bits per heavy atom. The van der Waals surface area contributed by atoms with Crippen LogP contribution in [0, 0.1) is 0 Å². The molecule has 0 bridgehead atoms. The first kappa shape index (κ1) is 24.2. The third-order valence-corrected chi connectivity index (χ3v) is 7.48. The monoisotopic (exact) mass is 492 g/mol. The number of aryl methyl sites for hydroxylation is 1. The van der Waals surface area contributed by atoms with Crippen LogP contribution in [-0.2, 0) is 18.4 Å². The highest BCUT2D eigenvalue weighted by Crippen LogP contribution is 2.23. The standard InChI is InChI=1S/C26H32N6O4/c1-29-24-21(16-27-23(28-24)18-8-10-20(36-2)11-9-18)25(34)32(26(29)35)17-22(33)31-14-12-30(13-15-31)19-6-4-3-5-7-19/h8-11,16,19H,3-7,12-15,17H2,1-2H3. The van der Waals surface area contributed by atoms with Crippen molar-refractivity contribution in [3.63, 3.8) is 0 Å². The molecule has 10 nitrogen and oxygen atoms in total. The van der Waals surface area contributed by atoms with Gasteiger partial charge >= 0.3 is 5.69 Å². The van der Waals surface area contributed by atoms with Crippen molar-refractivity contribution in [3.05, 3.63) is 51.3 Å². The zero-order chi connectivity index (χ0) is 25.2. The normalized spacial score (nSPS) is 17.4. The Balaban J connectivity index is 1.35. The van der Waals surface area contributed by atoms with E-state index in [1.807, 2.05) is 12.1 Å². The Hall–Kier alpha value is -3.53. The maximum Gasteiger partial charge on any atom is 0.332 e. The summed E-state index contributed by atoms with van der Waals surface area (Å²) in [5.74, 6) is 0.881. The molecule has 1 amide bonds. The molecule has 0 atom stereocenters. The molecule has 2 aromatic heterocycles. The molecular weight excluding hydrogens is 460 g/mol. The Morgan fingerprint density at radius 1 is 1.03 bits per heavy atom. The second-order valence-corrected chi connectivity index (χ2v) is 9.60. The van der Waals surface area contributed by atoms with Crippen LogP contribution in [0.2, 0.25) is 0 Å². The molecule has 0 spiro atoms. The Bertz CT molecular complexity index is 1370. The van der Waals surface area contributed by atoms with E-state index < -0.39 is 11.2 Å². The molecule has 3 heterocycles. The predicted molar refractivity (Wildman–Crippen MR) is 136 cm³/mol. The molecule has 1 saturated carbocycles. The maximum absolute atomic E-state index is 13.2. The van der Waals surface area contributed by atoms with Gasteiger partial charge < -0.3 is 9.64 Å². The van der Waals surface area contributed by atoms with Gasteiger partial charge in [0, 0.05) is 51.0 Å². The van der Waals surface area contributed by atoms with E-state index in [-0.39, 0.29) is 23.5 Å². The molecule has 2 fully saturated rings. The highest BCUT2D eigenvalue weighted by Gasteiger charge is 2.28. The number of carbonyl (C=O) groups is 1. The Morgan fingerprint density at radius 2 is 1.72 bits per heavy atom. The average molecular weight is 493 g/mol. The average Bonchev–Trinajstić information content (AvgIpc) is 2.94. The van der Waals surface area contributed by atoms with Gasteiger partial charge in [0.2, 0.25) is 5.91 Å². The maximum atomic E-state index is 13.2. The summed E-state index contributed by atoms with van der Waals surface area (Å²) >= 11 is 0. The number of hydrogen-bond acceptors (Lipinski definition) is 7. The molecule has 0 N–H and O–H groups in total. The molecule has 2 aliphatic rings. The molecule has 1 saturated heterocycles. The summed E-state index contributed by atoms with van der Waals surface area (Å²) in [6.45, 7) is 2.62. The van der Waals surface area contributed by atoms with E-state index in [4.69, 9.17) is 4.74 Å². The van der Waals surface area contributed by atoms with Crippen LogP contribution in [0.4, 0.5) is 0 Å². The first-order chi connectivity index (χ1) is 17.5. The van der Waals surface area contributed by atoms with E-state index >= 15 is 0 Å². The van der Waals surface area contributed by atoms with E-state index in [1.165, 1.54) is 42.9 Å². The molecule has 0 unspecified atom stereocenters. The molecule has 36 heavy (non-hydrogen) atoms. The van der Waals surface area contributed by atoms with Gasteiger partial charge in [-0.3, -0.25) is 23.6 Å². The lowest BCUT2D eigenvalue weighted by molar-refractivity contribution is -0.134. The van der Waals surface area contributed by atoms with Crippen LogP contribution in [-0.4, -0.2) is 74.1 Å². The van der Waals surface area contributed by atoms with Gasteiger partial charge in [0.15, 0.2) is 11.5 Å². The summed E-state index contributed by atoms with van der Waals surface area (Å²) in [6, 6.07) is 7.83. The number of rotatable bonds is 5. The number of benzene rings is 1. The SMILES string of the molecule is COc1ccc(-c2ncc3c(=O)n(CC(=O)N4CCN(C5CCCCC5)CC4)c(=O)n(C)c3n2)cc1. The van der Waals surface area contributed by atoms with Gasteiger partial charge in [-0.1, -0.05) is 19.3 Å². The minimum absolute atomic E-state index is 0.198. The van der Waals surface area contributed by atoms with Crippen LogP contribution in [0.5, 0.6) is 5.75 Å². The van der Waals surface area contributed by atoms with E-state index in [1.54, 1.807) is 31.2 Å². The van der Waals surface area contributed by atoms with Gasteiger partial charge in [-0.05, 0) is 37.1 Å². The number of ether oxygens (including phenoxy) is 1. The van der Waals surface area contributed by atoms with Gasteiger partial charge in [-0.2, -0.15) is 0 Å². The number of hydrogen-bond donors (Lipinski definition) is 0. The fraction of sp³-hybridized carbons (Fsp3) is 0.500. The lowest BCUT2D eigenvalue weighted by Crippen LogP contribution is -2.54. The van der Waals surface area contributed by atoms with Crippen molar-refractivity contribution in [3.8, 4) is 17.1 Å². The topological polar surface area (TPSA) is 103 Å². The van der Waals surface area contributed by atoms with Gasteiger partial charge in [0.25, 0.3) is 5.56 Å². The summed E-state index contributed by atoms with van der Waals surface area (Å²) < 4.78 is 7.48. The molecular formula is C26H32N6O4. The molecule has 10 heteroatoms. The number of fused-ring (bicyclic) bond motifs is 1. The highest BCUT2D eigenvalue weighted by molar-refractivity contribution is 5.78. The molecule has 190 valence electrons. The van der Waals surface area contributed by atoms with Crippen molar-refractivity contribution >= 4 is 16.9 Å². The summed E-state index contributed by atoms with van der Waals surface area (Å²) in [5.41, 5.74) is -0.155. The Labute approximate surface area is 209 Å². The number of carbonyl (C=O) groups excluding carboxylic acids is 1. The fourth-order valence-corrected chi connectivity index (χ4v) is 5.32. The van der Waals surface area contributed by atoms with E-state index in [9.17, 15) is 14.4 Å². The smallest absolute Gasteiger partial charge is 0.332 e. The number of nitrogens with zero attached hydrogens (tertiary/aromatic N) is 6. The van der Waals surface area contributed by atoms with E-state index in [2.05, 4.69) is 14.9 Å². The van der Waals surface area contributed by atoms with Crippen LogP contribution in [0.3, 0.4) is 0 Å². The molecule has 1 aromatic carbocycles. The van der Waals surface area contributed by atoms with Gasteiger partial charge in [0.1, 0.15) is 17.7 Å². The Kier molecular flexibility index (Phi) is 6.86. The van der Waals surface area contributed by atoms with Crippen molar-refractivity contribution in [2.45, 2.75) is 44.7 Å². The minimum atomic E-state index is -0.568. The van der Waals surface area contributed by atoms with Crippen molar-refractivity contribution in [2.24, 2.45) is 7.05 Å². The van der Waals surface area contributed by atoms with E-state index in [0.29, 0.717) is 30.7 Å². The van der Waals surface area contributed by atoms with Gasteiger partial charge in [-0.15, -0.1) is 0 Å². The van der Waals surface area contributed by atoms with Crippen molar-refractivity contribution in [1.82, 2.24) is 28.9 Å². The number of methoxy groups -OCH3 is 1. The minimum Gasteiger partial charge on any atom is -0.497 e. The zero-order valence-electron chi connectivity index (χ0n) is 20.9. The second-order valence-electron chi connectivity index (χ2n) is 9.60. The first-order valence-electron chi connectivity index (χ1n) is 12.6. The molecule has 1 aliphatic carbocycles. The quantitative estimate of drug-likeness (QED) is 0.534. The van der Waals surface area contributed by atoms with Gasteiger partial charge in [0.05, 0.1) is 7.11 Å². The van der Waals surface area contributed by atoms with Crippen LogP contribution < -0.4 is 16.0 Å². The molecule has 1 aliphatic heterocycles. The van der Waals surface area contributed by atoms with Crippen LogP contribution in [0.1, 0.15) is 32.1 Å². The lowest BCUT2D eigenvalue weighted by atomic mass is 9.94. The van der Waals surface area contributed by atoms with Crippen LogP contribution >= 0.6 is 0 Å². The number of piperazine rings is 1. The third kappa shape index (κ3) is 4.65. The third-order valence-electron chi connectivity index (χ3n) is 7.48. The summed E-state index contributed by atoms with van der Waals surface area (Å²) in [6.07, 6.45) is 7.77. The largest absolute Gasteiger partial charge is 0.497 e. The molecule has 3 aromatic rings. The fourth-order valence-electron chi connectivity index (χ4n) is 5.32. The number of amides is 1. The summed E-state index contributed by atoms with van der Waals surface area (Å²) in [4.78, 5) is 52.4. The lowest BCUT2D eigenvalue weighted by Gasteiger charge is -2.40. The second kappa shape index (κ2) is 10.2. The zero-order valence-corrected chi connectivity index (χ0v) is 20.9. The van der Waals surface area contributed by atoms with Crippen molar-refractivity contribution in [1.29, 1.82) is 0 Å². The first-order valence-corrected chi connectivity index (χ1v) is 12.6. The summed E-state index contributed by atoms with van der Waals surface area (Å²) in [5, 5.41) is 0.198. The van der Waals surface area contributed by atoms with Crippen LogP contribution in [0.25, 0.3) is 22.4 Å². The van der Waals surface area contributed by atoms with Crippen molar-refractivity contribution in [2.75, 3.05) is 33.3 Å².